The van der Waals surface area contributed by atoms with E-state index in [1.54, 1.807) is 0 Å². The first-order valence-corrected chi connectivity index (χ1v) is 14.7. The van der Waals surface area contributed by atoms with Crippen molar-refractivity contribution in [2.45, 2.75) is 94.7 Å². The number of rotatable bonds is 9. The second-order valence-corrected chi connectivity index (χ2v) is 13.0. The second-order valence-electron chi connectivity index (χ2n) is 13.0. The average Bonchev–Trinajstić information content (AvgIpc) is 3.60. The summed E-state index contributed by atoms with van der Waals surface area (Å²) in [5, 5.41) is 28.9. The lowest BCUT2D eigenvalue weighted by Crippen LogP contribution is -2.55. The Morgan fingerprint density at radius 3 is 1.55 bits per heavy atom. The van der Waals surface area contributed by atoms with Gasteiger partial charge in [-0.2, -0.15) is 26.3 Å². The lowest BCUT2D eigenvalue weighted by Gasteiger charge is -2.37. The fraction of sp³-hybridized carbons (Fsp3) is 0.594. The largest absolute Gasteiger partial charge is 0.493 e. The van der Waals surface area contributed by atoms with Crippen molar-refractivity contribution >= 4 is 5.97 Å². The van der Waals surface area contributed by atoms with Crippen LogP contribution >= 0.6 is 0 Å². The summed E-state index contributed by atoms with van der Waals surface area (Å²) < 4.78 is 122. The van der Waals surface area contributed by atoms with E-state index in [1.807, 2.05) is 0 Å². The number of esters is 1. The highest BCUT2D eigenvalue weighted by molar-refractivity contribution is 5.80. The van der Waals surface area contributed by atoms with E-state index in [1.165, 1.54) is 46.8 Å². The summed E-state index contributed by atoms with van der Waals surface area (Å²) in [6.07, 6.45) is -11.1. The summed E-state index contributed by atoms with van der Waals surface area (Å²) in [6.45, 7) is 5.89. The minimum Gasteiger partial charge on any atom is -0.493 e. The molecule has 0 amide bonds. The number of hydrogen-bond acceptors (Lipinski definition) is 7. The van der Waals surface area contributed by atoms with Crippen LogP contribution < -0.4 is 9.47 Å². The lowest BCUT2D eigenvalue weighted by molar-refractivity contribution is -0.277. The third-order valence-corrected chi connectivity index (χ3v) is 8.26. The van der Waals surface area contributed by atoms with Crippen molar-refractivity contribution in [3.63, 3.8) is 0 Å². The smallest absolute Gasteiger partial charge is 0.428 e. The topological polar surface area (TPSA) is 105 Å². The first-order chi connectivity index (χ1) is 21.4. The van der Waals surface area contributed by atoms with Gasteiger partial charge in [0.1, 0.15) is 23.1 Å². The van der Waals surface area contributed by atoms with Crippen LogP contribution in [0.2, 0.25) is 0 Å². The molecule has 47 heavy (non-hydrogen) atoms. The van der Waals surface area contributed by atoms with Gasteiger partial charge in [0.05, 0.1) is 26.4 Å². The predicted octanol–water partition coefficient (Wildman–Crippen LogP) is 6.00. The molecule has 2 unspecified atom stereocenters. The molecule has 2 aromatic carbocycles. The van der Waals surface area contributed by atoms with Crippen LogP contribution in [0.15, 0.2) is 24.3 Å². The van der Waals surface area contributed by atoms with E-state index in [9.17, 15) is 50.1 Å². The highest BCUT2D eigenvalue weighted by atomic mass is 19.4. The third kappa shape index (κ3) is 7.94. The summed E-state index contributed by atoms with van der Waals surface area (Å²) in [5.41, 5.74) is -8.03. The van der Waals surface area contributed by atoms with Gasteiger partial charge in [-0.1, -0.05) is 27.7 Å². The predicted molar refractivity (Wildman–Crippen MR) is 152 cm³/mol. The van der Waals surface area contributed by atoms with E-state index in [2.05, 4.69) is 4.74 Å². The van der Waals surface area contributed by atoms with Crippen molar-refractivity contribution in [1.29, 1.82) is 0 Å². The number of alkyl halides is 6. The van der Waals surface area contributed by atoms with E-state index >= 15 is 0 Å². The van der Waals surface area contributed by atoms with Gasteiger partial charge in [-0.15, -0.1) is 0 Å². The molecule has 2 aromatic rings. The summed E-state index contributed by atoms with van der Waals surface area (Å²) in [5.74, 6) is -2.27. The molecule has 2 aliphatic heterocycles. The maximum atomic E-state index is 13.9. The van der Waals surface area contributed by atoms with Crippen LogP contribution in [-0.2, 0) is 33.2 Å². The van der Waals surface area contributed by atoms with Crippen LogP contribution in [0.25, 0.3) is 0 Å². The molecule has 3 N–H and O–H groups in total. The van der Waals surface area contributed by atoms with Crippen molar-refractivity contribution in [1.82, 2.24) is 0 Å². The van der Waals surface area contributed by atoms with Crippen LogP contribution in [0.1, 0.15) is 69.7 Å². The SMILES string of the molecule is CC(C)(CC(O)(CO)C(F)(F)F)c1cc(F)cc2c1OCC2.CCOC(=O)C(O)(CC(C)(C)c1cc(F)cc2c1OCC2)C(F)(F)F. The van der Waals surface area contributed by atoms with Gasteiger partial charge in [0.2, 0.25) is 0 Å². The molecule has 0 saturated carbocycles. The van der Waals surface area contributed by atoms with Gasteiger partial charge in [-0.25, -0.2) is 13.6 Å². The number of carbonyl (C=O) groups excluding carboxylic acids is 1. The Morgan fingerprint density at radius 2 is 1.19 bits per heavy atom. The molecule has 0 radical (unpaired) electrons. The number of benzene rings is 2. The number of aliphatic hydroxyl groups is 3. The molecule has 264 valence electrons. The lowest BCUT2D eigenvalue weighted by atomic mass is 9.74. The first kappa shape index (κ1) is 38.3. The number of aliphatic hydroxyl groups excluding tert-OH is 1. The normalized spacial score (nSPS) is 17.3. The summed E-state index contributed by atoms with van der Waals surface area (Å²) >= 11 is 0. The van der Waals surface area contributed by atoms with E-state index in [0.29, 0.717) is 48.7 Å². The molecule has 2 heterocycles. The Morgan fingerprint density at radius 1 is 0.766 bits per heavy atom. The molecule has 2 aliphatic rings. The fourth-order valence-corrected chi connectivity index (χ4v) is 5.89. The van der Waals surface area contributed by atoms with Gasteiger partial charge in [-0.05, 0) is 48.4 Å². The van der Waals surface area contributed by atoms with Crippen LogP contribution in [-0.4, -0.2) is 71.3 Å². The highest BCUT2D eigenvalue weighted by Gasteiger charge is 2.63. The molecular weight excluding hydrogens is 648 g/mol. The summed E-state index contributed by atoms with van der Waals surface area (Å²) in [7, 11) is 0. The van der Waals surface area contributed by atoms with Crippen molar-refractivity contribution in [2.24, 2.45) is 0 Å². The molecule has 0 fully saturated rings. The number of hydrogen-bond donors (Lipinski definition) is 3. The number of fused-ring (bicyclic) bond motifs is 2. The molecular formula is C32H38F8O7. The van der Waals surface area contributed by atoms with Gasteiger partial charge in [-0.3, -0.25) is 0 Å². The van der Waals surface area contributed by atoms with Crippen molar-refractivity contribution in [2.75, 3.05) is 26.4 Å². The van der Waals surface area contributed by atoms with Gasteiger partial charge >= 0.3 is 18.3 Å². The van der Waals surface area contributed by atoms with Crippen LogP contribution in [0.3, 0.4) is 0 Å². The quantitative estimate of drug-likeness (QED) is 0.220. The minimum absolute atomic E-state index is 0.173. The molecule has 2 atom stereocenters. The standard InChI is InChI=1S/C17H20F4O4.C15H18F4O3/c1-4-24-14(22)16(23,17(19,20)21)9-15(2,3)12-8-11(18)7-10-5-6-25-13(10)12;1-13(2,7-14(21,8-20)15(17,18)19)11-6-10(16)5-9-3-4-22-12(9)11/h7-8,23H,4-6,9H2,1-3H3;5-6,20-21H,3-4,7-8H2,1-2H3. The summed E-state index contributed by atoms with van der Waals surface area (Å²) in [4.78, 5) is 11.8. The first-order valence-electron chi connectivity index (χ1n) is 14.7. The fourth-order valence-electron chi connectivity index (χ4n) is 5.89. The van der Waals surface area contributed by atoms with E-state index in [0.717, 1.165) is 12.1 Å². The zero-order valence-corrected chi connectivity index (χ0v) is 26.5. The van der Waals surface area contributed by atoms with E-state index < -0.39 is 71.4 Å². The third-order valence-electron chi connectivity index (χ3n) is 8.26. The van der Waals surface area contributed by atoms with E-state index in [-0.39, 0.29) is 17.7 Å². The molecule has 0 spiro atoms. The molecule has 15 heteroatoms. The molecule has 0 bridgehead atoms. The summed E-state index contributed by atoms with van der Waals surface area (Å²) in [6, 6.07) is 4.76. The minimum atomic E-state index is -5.24. The van der Waals surface area contributed by atoms with Gasteiger partial charge < -0.3 is 29.5 Å². The van der Waals surface area contributed by atoms with Crippen molar-refractivity contribution < 1.29 is 69.4 Å². The Kier molecular flexibility index (Phi) is 10.9. The molecule has 0 aliphatic carbocycles. The highest BCUT2D eigenvalue weighted by Crippen LogP contribution is 2.47. The van der Waals surface area contributed by atoms with Crippen LogP contribution in [0.4, 0.5) is 35.1 Å². The monoisotopic (exact) mass is 686 g/mol. The Bertz CT molecular complexity index is 1450. The maximum absolute atomic E-state index is 13.9. The van der Waals surface area contributed by atoms with E-state index in [4.69, 9.17) is 14.6 Å². The zero-order valence-electron chi connectivity index (χ0n) is 26.5. The molecule has 4 rings (SSSR count). The average molecular weight is 687 g/mol. The Hall–Kier alpha value is -3.17. The molecule has 0 aromatic heterocycles. The number of ether oxygens (including phenoxy) is 3. The maximum Gasteiger partial charge on any atom is 0.428 e. The number of halogens is 8. The van der Waals surface area contributed by atoms with Crippen molar-refractivity contribution in [3.8, 4) is 11.5 Å². The Balaban J connectivity index is 0.000000257. The van der Waals surface area contributed by atoms with Gasteiger partial charge in [0, 0.05) is 41.5 Å². The Labute approximate surface area is 266 Å². The van der Waals surface area contributed by atoms with Crippen LogP contribution in [0, 0.1) is 11.6 Å². The zero-order chi connectivity index (χ0) is 35.8. The van der Waals surface area contributed by atoms with Crippen LogP contribution in [0.5, 0.6) is 11.5 Å². The molecule has 7 nitrogen and oxygen atoms in total. The van der Waals surface area contributed by atoms with Gasteiger partial charge in [0.15, 0.2) is 5.60 Å². The molecule has 0 saturated heterocycles. The second kappa shape index (κ2) is 13.4. The van der Waals surface area contributed by atoms with Crippen molar-refractivity contribution in [3.05, 3.63) is 58.2 Å². The van der Waals surface area contributed by atoms with Gasteiger partial charge in [0.25, 0.3) is 5.60 Å². The number of carbonyl (C=O) groups is 1.